The molecule has 12 N–H and O–H groups in total. The number of benzene rings is 1. The molecule has 26 heteroatoms. The third-order valence-corrected chi connectivity index (χ3v) is 16.7. The Morgan fingerprint density at radius 3 is 2.01 bits per heavy atom. The summed E-state index contributed by atoms with van der Waals surface area (Å²) >= 11 is 0. The van der Waals surface area contributed by atoms with Crippen LogP contribution in [0.4, 0.5) is 0 Å². The number of nitrogens with one attached hydrogen (secondary N) is 3. The number of likely N-dealkylation sites (tertiary alicyclic amines) is 1. The van der Waals surface area contributed by atoms with Crippen LogP contribution >= 0.6 is 0 Å². The molecule has 1 aromatic rings. The van der Waals surface area contributed by atoms with Crippen molar-refractivity contribution >= 4 is 29.5 Å². The number of rotatable bonds is 19. The molecule has 424 valence electrons. The highest BCUT2D eigenvalue weighted by Gasteiger charge is 2.76. The predicted octanol–water partition coefficient (Wildman–Crippen LogP) is -4.27. The molecule has 4 saturated heterocycles. The van der Waals surface area contributed by atoms with Crippen LogP contribution < -0.4 is 26.4 Å². The smallest absolute Gasteiger partial charge is 0.331 e. The molecule has 0 radical (unpaired) electrons. The first-order chi connectivity index (χ1) is 36.2. The Kier molecular flexibility index (Phi) is 16.4. The summed E-state index contributed by atoms with van der Waals surface area (Å²) in [5.74, 6) is -2.58. The molecule has 26 nitrogen and oxygen atoms in total. The van der Waals surface area contributed by atoms with Crippen LogP contribution in [0.5, 0.6) is 11.5 Å². The minimum absolute atomic E-state index is 0.0620. The number of aromatic hydroxyl groups is 1. The van der Waals surface area contributed by atoms with Crippen LogP contribution in [0.1, 0.15) is 76.8 Å². The number of nitrogens with zero attached hydrogens (tertiary/aromatic N) is 1. The molecule has 9 rings (SSSR count). The lowest BCUT2D eigenvalue weighted by Gasteiger charge is -2.64. The van der Waals surface area contributed by atoms with Crippen LogP contribution in [0.25, 0.3) is 0 Å². The molecule has 6 fully saturated rings. The molecule has 1 aromatic carbocycles. The normalized spacial score (nSPS) is 39.8. The van der Waals surface area contributed by atoms with Gasteiger partial charge in [0.1, 0.15) is 78.2 Å². The number of nitrogens with two attached hydrogens (primary N) is 1. The maximum atomic E-state index is 14.7. The fraction of sp³-hybridized carbons (Fsp3) is 0.780. The van der Waals surface area contributed by atoms with Gasteiger partial charge in [0.05, 0.1) is 37.3 Å². The number of methoxy groups -OCH3 is 2. The molecule has 1 spiro atoms. The van der Waals surface area contributed by atoms with Gasteiger partial charge in [-0.1, -0.05) is 6.07 Å². The molecule has 2 saturated carbocycles. The van der Waals surface area contributed by atoms with Gasteiger partial charge >= 0.3 is 5.97 Å². The highest BCUT2D eigenvalue weighted by Crippen LogP contribution is 2.66. The van der Waals surface area contributed by atoms with Crippen LogP contribution in [-0.2, 0) is 73.7 Å². The lowest BCUT2D eigenvalue weighted by Crippen LogP contribution is -2.78. The summed E-state index contributed by atoms with van der Waals surface area (Å²) < 4.78 is 53.7. The Balaban J connectivity index is 0.923. The van der Waals surface area contributed by atoms with E-state index in [2.05, 4.69) is 20.9 Å². The molecule has 0 aromatic heterocycles. The van der Waals surface area contributed by atoms with Gasteiger partial charge in [0.15, 0.2) is 42.3 Å². The van der Waals surface area contributed by atoms with E-state index in [4.69, 9.17) is 48.4 Å². The van der Waals surface area contributed by atoms with E-state index in [1.165, 1.54) is 28.1 Å². The first-order valence-electron chi connectivity index (χ1n) is 26.0. The lowest BCUT2D eigenvalue weighted by molar-refractivity contribution is -0.352. The van der Waals surface area contributed by atoms with Crippen molar-refractivity contribution in [1.82, 2.24) is 20.9 Å². The number of ketones is 1. The number of aliphatic hydroxyl groups excluding tert-OH is 6. The first-order valence-corrected chi connectivity index (χ1v) is 26.0. The number of carbonyl (C=O) groups is 5. The predicted molar refractivity (Wildman–Crippen MR) is 255 cm³/mol. The molecular weight excluding hydrogens is 1010 g/mol. The summed E-state index contributed by atoms with van der Waals surface area (Å²) in [5.41, 5.74) is 3.73. The van der Waals surface area contributed by atoms with Crippen molar-refractivity contribution in [3.05, 3.63) is 23.3 Å². The van der Waals surface area contributed by atoms with Crippen molar-refractivity contribution in [2.75, 3.05) is 47.1 Å². The van der Waals surface area contributed by atoms with Gasteiger partial charge in [0.25, 0.3) is 0 Å². The van der Waals surface area contributed by atoms with Gasteiger partial charge in [-0.05, 0) is 70.0 Å². The highest BCUT2D eigenvalue weighted by atomic mass is 16.7. The quantitative estimate of drug-likeness (QED) is 0.0584. The summed E-state index contributed by atoms with van der Waals surface area (Å²) in [7, 11) is 2.52. The second-order valence-electron chi connectivity index (χ2n) is 21.9. The van der Waals surface area contributed by atoms with Crippen LogP contribution in [0.15, 0.2) is 12.1 Å². The van der Waals surface area contributed by atoms with E-state index in [1.54, 1.807) is 6.07 Å². The number of amides is 3. The van der Waals surface area contributed by atoms with Crippen molar-refractivity contribution in [3.63, 3.8) is 0 Å². The molecule has 8 aliphatic rings. The Bertz CT molecular complexity index is 2340. The average molecular weight is 1080 g/mol. The largest absolute Gasteiger partial charge is 0.504 e. The molecule has 5 heterocycles. The summed E-state index contributed by atoms with van der Waals surface area (Å²) in [6, 6.07) is -1.22. The monoisotopic (exact) mass is 1080 g/mol. The van der Waals surface area contributed by atoms with Gasteiger partial charge in [-0.25, -0.2) is 4.79 Å². The topological polar surface area (TPSA) is 375 Å². The minimum atomic E-state index is -1.92. The van der Waals surface area contributed by atoms with Crippen LogP contribution in [-0.4, -0.2) is 232 Å². The number of ether oxygens (including phenoxy) is 9. The Morgan fingerprint density at radius 1 is 0.816 bits per heavy atom. The zero-order valence-corrected chi connectivity index (χ0v) is 43.1. The van der Waals surface area contributed by atoms with Gasteiger partial charge in [0, 0.05) is 52.5 Å². The number of Topliss-reactive ketones (excluding diaryl/α,β-unsaturated/α-hetero) is 1. The van der Waals surface area contributed by atoms with Crippen molar-refractivity contribution < 1.29 is 102 Å². The van der Waals surface area contributed by atoms with Crippen LogP contribution in [0, 0.1) is 5.92 Å². The van der Waals surface area contributed by atoms with E-state index < -0.39 is 171 Å². The summed E-state index contributed by atoms with van der Waals surface area (Å²) in [5, 5.41) is 84.6. The van der Waals surface area contributed by atoms with E-state index >= 15 is 0 Å². The molecular formula is C50H73N5O21. The average Bonchev–Trinajstić information content (AvgIpc) is 4.32. The molecule has 2 bridgehead atoms. The zero-order valence-electron chi connectivity index (χ0n) is 43.1. The SMILES string of the molecule is CO[C@@H]1OC(CO)[C@@H](O[C@@H]2OC(CO)[C@@H](O[C@@H]3OC(CO)[C@@H](OC)[C@H](O)C3NC(C)=O)[C@H](O)C2NC(=O)CCC(=O)NC(C)(C)C(=O)O[C@@]23CCC(=O)[C@@H]4Oc5c(O)ccc6c5[C@@]42CCN(CC2CC2)[C@@H]3C6)[C@H](O)C1N. The Morgan fingerprint density at radius 2 is 1.41 bits per heavy atom. The van der Waals surface area contributed by atoms with Crippen LogP contribution in [0.2, 0.25) is 0 Å². The van der Waals surface area contributed by atoms with Gasteiger partial charge in [-0.2, -0.15) is 0 Å². The van der Waals surface area contributed by atoms with Crippen molar-refractivity contribution in [1.29, 1.82) is 0 Å². The fourth-order valence-corrected chi connectivity index (χ4v) is 12.8. The number of carbonyl (C=O) groups excluding carboxylic acids is 5. The maximum Gasteiger partial charge on any atom is 0.331 e. The summed E-state index contributed by atoms with van der Waals surface area (Å²) in [4.78, 5) is 71.0. The summed E-state index contributed by atoms with van der Waals surface area (Å²) in [6.07, 6.45) is -16.8. The molecule has 76 heavy (non-hydrogen) atoms. The van der Waals surface area contributed by atoms with E-state index in [0.29, 0.717) is 30.9 Å². The third kappa shape index (κ3) is 9.99. The second-order valence-corrected chi connectivity index (χ2v) is 21.9. The Labute approximate surface area is 438 Å². The number of piperidine rings is 1. The highest BCUT2D eigenvalue weighted by molar-refractivity contribution is 5.92. The van der Waals surface area contributed by atoms with E-state index in [-0.39, 0.29) is 36.2 Å². The fourth-order valence-electron chi connectivity index (χ4n) is 12.8. The van der Waals surface area contributed by atoms with Crippen LogP contribution in [0.3, 0.4) is 0 Å². The van der Waals surface area contributed by atoms with Crippen molar-refractivity contribution in [2.24, 2.45) is 11.7 Å². The number of hydrogen-bond donors (Lipinski definition) is 11. The summed E-state index contributed by atoms with van der Waals surface area (Å²) in [6.45, 7) is 3.21. The number of esters is 1. The van der Waals surface area contributed by atoms with Crippen molar-refractivity contribution in [3.8, 4) is 11.5 Å². The minimum Gasteiger partial charge on any atom is -0.504 e. The van der Waals surface area contributed by atoms with E-state index in [1.807, 2.05) is 6.07 Å². The van der Waals surface area contributed by atoms with Gasteiger partial charge in [-0.15, -0.1) is 0 Å². The molecule has 3 aliphatic carbocycles. The molecule has 3 amide bonds. The molecule has 6 unspecified atom stereocenters. The van der Waals surface area contributed by atoms with E-state index in [0.717, 1.165) is 31.9 Å². The number of hydrogen-bond acceptors (Lipinski definition) is 23. The van der Waals surface area contributed by atoms with Gasteiger partial charge in [-0.3, -0.25) is 24.1 Å². The first kappa shape index (κ1) is 56.5. The second kappa shape index (κ2) is 22.1. The van der Waals surface area contributed by atoms with Gasteiger partial charge in [0.2, 0.25) is 17.7 Å². The van der Waals surface area contributed by atoms with E-state index in [9.17, 15) is 59.7 Å². The number of phenols is 1. The molecule has 5 aliphatic heterocycles. The van der Waals surface area contributed by atoms with Crippen molar-refractivity contribution in [2.45, 2.75) is 193 Å². The zero-order chi connectivity index (χ0) is 54.8. The number of aliphatic hydroxyl groups is 6. The molecule has 19 atom stereocenters. The maximum absolute atomic E-state index is 14.7. The lowest BCUT2D eigenvalue weighted by atomic mass is 9.48. The standard InChI is InChI=1S/C50H73N5O21/c1-21(59)52-34-37(65)40(68-4)26(18-56)71-45(34)75-42-28(20-58)72-46(74-41-27(19-57)70-44(69-5)33(51)36(41)64)35(38(42)66)53-30(62)10-11-31(63)54-48(2,3)47(67)76-50-13-12-25(61)43-49(50)14-15-55(17-22-6-7-22)29(50)16-23-8-9-24(60)39(73-43)32(23)49/h8-9,22,26-29,33-38,40-46,56-58,60,64-66H,6-7,10-20,51H2,1-5H3,(H,52,59)(H,53,62)(H,54,63)/t26?,27?,28?,29-,33?,34?,35?,36-,37-,38-,40-,41-,42-,43+,44-,45+,46+,49+,50-/m1/s1. The number of phenolic OH excluding ortho intramolecular Hbond substituents is 1. The third-order valence-electron chi connectivity index (χ3n) is 16.7. The van der Waals surface area contributed by atoms with Gasteiger partial charge < -0.3 is 100 Å². The Hall–Kier alpha value is -4.23.